The number of nitrogens with one attached hydrogen (secondary N) is 1. The van der Waals surface area contributed by atoms with Crippen molar-refractivity contribution in [2.24, 2.45) is 0 Å². The van der Waals surface area contributed by atoms with E-state index < -0.39 is 23.3 Å². The first kappa shape index (κ1) is 24.8. The maximum atomic E-state index is 13.3. The summed E-state index contributed by atoms with van der Waals surface area (Å²) in [5.74, 6) is -0.224. The number of ether oxygens (including phenoxy) is 1. The van der Waals surface area contributed by atoms with Crippen molar-refractivity contribution >= 4 is 40.6 Å². The van der Waals surface area contributed by atoms with Gasteiger partial charge in [0.25, 0.3) is 11.5 Å². The van der Waals surface area contributed by atoms with Gasteiger partial charge in [-0.1, -0.05) is 49.9 Å². The molecule has 0 radical (unpaired) electrons. The number of nitrogen functional groups attached to an aromatic ring is 1. The molecule has 1 aromatic carbocycles. The largest absolute Gasteiger partial charge is 0.479 e. The number of nitrogens with zero attached hydrogens (tertiary/aromatic N) is 2. The van der Waals surface area contributed by atoms with Crippen molar-refractivity contribution < 1.29 is 9.53 Å². The second-order valence-electron chi connectivity index (χ2n) is 7.18. The molecule has 1 aromatic heterocycles. The number of unbranched alkanes of at least 4 members (excludes halogenated alkanes) is 2. The molecule has 2 rings (SSSR count). The van der Waals surface area contributed by atoms with E-state index in [1.807, 2.05) is 13.8 Å². The van der Waals surface area contributed by atoms with Crippen molar-refractivity contribution in [1.29, 1.82) is 0 Å². The Morgan fingerprint density at radius 2 is 1.90 bits per heavy atom. The van der Waals surface area contributed by atoms with Crippen molar-refractivity contribution in [3.05, 3.63) is 49.1 Å². The zero-order valence-corrected chi connectivity index (χ0v) is 19.4. The zero-order chi connectivity index (χ0) is 23.1. The number of H-pyrrole nitrogens is 1. The number of carbonyl (C=O) groups excluding carboxylic acids is 1. The van der Waals surface area contributed by atoms with E-state index >= 15 is 0 Å². The minimum absolute atomic E-state index is 0.0385. The van der Waals surface area contributed by atoms with Crippen LogP contribution in [0.4, 0.5) is 11.5 Å². The fourth-order valence-corrected chi connectivity index (χ4v) is 3.51. The van der Waals surface area contributed by atoms with Gasteiger partial charge in [-0.3, -0.25) is 19.1 Å². The van der Waals surface area contributed by atoms with Gasteiger partial charge in [0.2, 0.25) is 0 Å². The number of hydrogen-bond acceptors (Lipinski definition) is 5. The average Bonchev–Trinajstić information content (AvgIpc) is 2.71. The van der Waals surface area contributed by atoms with E-state index in [9.17, 15) is 14.4 Å². The minimum atomic E-state index is -0.967. The van der Waals surface area contributed by atoms with Crippen molar-refractivity contribution in [1.82, 2.24) is 9.55 Å². The summed E-state index contributed by atoms with van der Waals surface area (Å²) in [7, 11) is 0. The lowest BCUT2D eigenvalue weighted by atomic mass is 10.2. The standard InChI is InChI=1S/C21H28Cl2N4O4/c1-4-6-10-26(17-18(24)27(11-7-5-2)21(30)25-19(17)28)20(29)13(3)31-16-9-8-14(22)12-15(16)23/h8-9,12-13H,4-7,10-11,24H2,1-3H3,(H,25,28,30). The Labute approximate surface area is 190 Å². The van der Waals surface area contributed by atoms with E-state index in [1.54, 1.807) is 19.1 Å². The maximum absolute atomic E-state index is 13.3. The Morgan fingerprint density at radius 3 is 2.52 bits per heavy atom. The van der Waals surface area contributed by atoms with Gasteiger partial charge in [0, 0.05) is 18.1 Å². The van der Waals surface area contributed by atoms with Crippen LogP contribution in [0.15, 0.2) is 27.8 Å². The average molecular weight is 471 g/mol. The molecule has 2 aromatic rings. The van der Waals surface area contributed by atoms with Crippen LogP contribution in [0.1, 0.15) is 46.5 Å². The first-order valence-electron chi connectivity index (χ1n) is 10.3. The van der Waals surface area contributed by atoms with Gasteiger partial charge in [0.15, 0.2) is 11.8 Å². The number of anilines is 2. The summed E-state index contributed by atoms with van der Waals surface area (Å²) in [4.78, 5) is 41.7. The highest BCUT2D eigenvalue weighted by atomic mass is 35.5. The maximum Gasteiger partial charge on any atom is 0.330 e. The fourth-order valence-electron chi connectivity index (χ4n) is 3.06. The van der Waals surface area contributed by atoms with Gasteiger partial charge in [-0.25, -0.2) is 4.79 Å². The molecule has 0 bridgehead atoms. The van der Waals surface area contributed by atoms with Gasteiger partial charge >= 0.3 is 5.69 Å². The summed E-state index contributed by atoms with van der Waals surface area (Å²) >= 11 is 12.1. The van der Waals surface area contributed by atoms with Crippen LogP contribution in [0, 0.1) is 0 Å². The number of halogens is 2. The van der Waals surface area contributed by atoms with E-state index in [-0.39, 0.29) is 28.8 Å². The number of benzene rings is 1. The molecular formula is C21H28Cl2N4O4. The summed E-state index contributed by atoms with van der Waals surface area (Å²) in [5.41, 5.74) is 4.84. The van der Waals surface area contributed by atoms with E-state index in [2.05, 4.69) is 4.98 Å². The lowest BCUT2D eigenvalue weighted by Crippen LogP contribution is -2.46. The lowest BCUT2D eigenvalue weighted by Gasteiger charge is -2.27. The Balaban J connectivity index is 2.43. The van der Waals surface area contributed by atoms with Crippen LogP contribution in [0.5, 0.6) is 5.75 Å². The molecule has 1 atom stereocenters. The number of carbonyl (C=O) groups is 1. The first-order valence-corrected chi connectivity index (χ1v) is 11.0. The number of rotatable bonds is 10. The molecular weight excluding hydrogens is 443 g/mol. The van der Waals surface area contributed by atoms with Gasteiger partial charge in [0.1, 0.15) is 11.6 Å². The van der Waals surface area contributed by atoms with Crippen LogP contribution < -0.4 is 26.6 Å². The third kappa shape index (κ3) is 6.04. The van der Waals surface area contributed by atoms with E-state index in [4.69, 9.17) is 33.7 Å². The first-order chi connectivity index (χ1) is 14.7. The van der Waals surface area contributed by atoms with Crippen LogP contribution in [0.3, 0.4) is 0 Å². The Morgan fingerprint density at radius 1 is 1.23 bits per heavy atom. The van der Waals surface area contributed by atoms with Crippen LogP contribution in [0.2, 0.25) is 10.0 Å². The van der Waals surface area contributed by atoms with Crippen molar-refractivity contribution in [2.75, 3.05) is 17.2 Å². The second kappa shape index (κ2) is 11.2. The van der Waals surface area contributed by atoms with E-state index in [0.29, 0.717) is 24.4 Å². The van der Waals surface area contributed by atoms with Gasteiger partial charge < -0.3 is 15.4 Å². The normalized spacial score (nSPS) is 11.9. The molecule has 3 N–H and O–H groups in total. The third-order valence-corrected chi connectivity index (χ3v) is 5.30. The van der Waals surface area contributed by atoms with Gasteiger partial charge in [-0.15, -0.1) is 0 Å². The number of amides is 1. The quantitative estimate of drug-likeness (QED) is 0.547. The lowest BCUT2D eigenvalue weighted by molar-refractivity contribution is -0.124. The highest BCUT2D eigenvalue weighted by Gasteiger charge is 2.28. The highest BCUT2D eigenvalue weighted by molar-refractivity contribution is 6.35. The molecule has 1 unspecified atom stereocenters. The summed E-state index contributed by atoms with van der Waals surface area (Å²) in [6.07, 6.45) is 1.99. The molecule has 0 spiro atoms. The monoisotopic (exact) mass is 470 g/mol. The number of nitrogens with two attached hydrogens (primary N) is 1. The summed E-state index contributed by atoms with van der Waals surface area (Å²) in [6, 6.07) is 4.68. The smallest absolute Gasteiger partial charge is 0.330 e. The van der Waals surface area contributed by atoms with Crippen LogP contribution in [0.25, 0.3) is 0 Å². The molecule has 0 saturated carbocycles. The van der Waals surface area contributed by atoms with E-state index in [0.717, 1.165) is 12.8 Å². The molecule has 170 valence electrons. The summed E-state index contributed by atoms with van der Waals surface area (Å²) in [6.45, 7) is 6.09. The molecule has 8 nitrogen and oxygen atoms in total. The fraction of sp³-hybridized carbons (Fsp3) is 0.476. The third-order valence-electron chi connectivity index (χ3n) is 4.77. The molecule has 0 aliphatic heterocycles. The molecule has 0 aliphatic carbocycles. The van der Waals surface area contributed by atoms with Crippen LogP contribution in [-0.4, -0.2) is 28.1 Å². The predicted molar refractivity (Wildman–Crippen MR) is 124 cm³/mol. The molecule has 1 amide bonds. The number of aromatic amines is 1. The molecule has 0 aliphatic rings. The second-order valence-corrected chi connectivity index (χ2v) is 8.02. The van der Waals surface area contributed by atoms with Crippen molar-refractivity contribution in [3.8, 4) is 5.75 Å². The Bertz CT molecular complexity index is 1040. The minimum Gasteiger partial charge on any atom is -0.479 e. The molecule has 31 heavy (non-hydrogen) atoms. The van der Waals surface area contributed by atoms with Gasteiger partial charge in [-0.05, 0) is 38.0 Å². The number of aromatic nitrogens is 2. The topological polar surface area (TPSA) is 110 Å². The Hall–Kier alpha value is -2.45. The highest BCUT2D eigenvalue weighted by Crippen LogP contribution is 2.29. The molecule has 10 heteroatoms. The predicted octanol–water partition coefficient (Wildman–Crippen LogP) is 3.83. The summed E-state index contributed by atoms with van der Waals surface area (Å²) in [5, 5.41) is 0.701. The molecule has 0 saturated heterocycles. The molecule has 1 heterocycles. The Kier molecular flexibility index (Phi) is 9.00. The van der Waals surface area contributed by atoms with Crippen molar-refractivity contribution in [2.45, 2.75) is 59.1 Å². The number of hydrogen-bond donors (Lipinski definition) is 2. The van der Waals surface area contributed by atoms with Gasteiger partial charge in [0.05, 0.1) is 5.02 Å². The SMILES string of the molecule is CCCCN(C(=O)C(C)Oc1ccc(Cl)cc1Cl)c1c(N)n(CCCC)c(=O)[nH]c1=O. The zero-order valence-electron chi connectivity index (χ0n) is 17.9. The van der Waals surface area contributed by atoms with Crippen molar-refractivity contribution in [3.63, 3.8) is 0 Å². The molecule has 0 fully saturated rings. The van der Waals surface area contributed by atoms with Crippen LogP contribution in [-0.2, 0) is 11.3 Å². The van der Waals surface area contributed by atoms with E-state index in [1.165, 1.54) is 15.5 Å². The summed E-state index contributed by atoms with van der Waals surface area (Å²) < 4.78 is 7.03. The van der Waals surface area contributed by atoms with Crippen LogP contribution >= 0.6 is 23.2 Å². The van der Waals surface area contributed by atoms with Gasteiger partial charge in [-0.2, -0.15) is 0 Å².